The minimum atomic E-state index is -1.70. The summed E-state index contributed by atoms with van der Waals surface area (Å²) in [7, 11) is 0. The molecule has 1 aromatic rings. The summed E-state index contributed by atoms with van der Waals surface area (Å²) in [4.78, 5) is 24.8. The number of carbonyl (C=O) groups excluding carboxylic acids is 2. The van der Waals surface area contributed by atoms with Gasteiger partial charge in [-0.05, 0) is 26.0 Å². The molecule has 0 saturated carbocycles. The number of amides is 2. The third-order valence-electron chi connectivity index (χ3n) is 3.45. The van der Waals surface area contributed by atoms with E-state index in [1.54, 1.807) is 13.8 Å². The third kappa shape index (κ3) is 3.00. The maximum Gasteiger partial charge on any atom is 0.410 e. The largest absolute Gasteiger partial charge is 0.448 e. The number of carbonyl (C=O) groups is 2. The lowest BCUT2D eigenvalue weighted by molar-refractivity contribution is 0.0898. The first-order chi connectivity index (χ1) is 10.2. The predicted octanol–water partition coefficient (Wildman–Crippen LogP) is 2.06. The van der Waals surface area contributed by atoms with Gasteiger partial charge in [0.25, 0.3) is 5.91 Å². The highest BCUT2D eigenvalue weighted by atomic mass is 19.2. The first kappa shape index (κ1) is 16.1. The molecule has 1 aliphatic rings. The number of cyclic esters (lactones) is 1. The van der Waals surface area contributed by atoms with Gasteiger partial charge in [0.05, 0.1) is 17.6 Å². The summed E-state index contributed by atoms with van der Waals surface area (Å²) in [6.07, 6.45) is -0.502. The van der Waals surface area contributed by atoms with E-state index >= 15 is 0 Å². The van der Waals surface area contributed by atoms with E-state index in [1.807, 2.05) is 0 Å². The van der Waals surface area contributed by atoms with Crippen LogP contribution in [0.5, 0.6) is 0 Å². The van der Waals surface area contributed by atoms with Crippen molar-refractivity contribution in [2.45, 2.75) is 19.4 Å². The number of rotatable bonds is 4. The second-order valence-electron chi connectivity index (χ2n) is 5.48. The fraction of sp³-hybridized carbons (Fsp3) is 0.429. The van der Waals surface area contributed by atoms with Crippen molar-refractivity contribution in [1.82, 2.24) is 10.2 Å². The summed E-state index contributed by atoms with van der Waals surface area (Å²) >= 11 is 0. The third-order valence-corrected chi connectivity index (χ3v) is 3.45. The number of halogens is 3. The van der Waals surface area contributed by atoms with E-state index in [4.69, 9.17) is 4.74 Å². The molecule has 2 rings (SSSR count). The van der Waals surface area contributed by atoms with Crippen LogP contribution in [-0.2, 0) is 4.74 Å². The molecule has 1 aromatic carbocycles. The van der Waals surface area contributed by atoms with Gasteiger partial charge in [0.15, 0.2) is 17.5 Å². The van der Waals surface area contributed by atoms with Crippen molar-refractivity contribution in [2.24, 2.45) is 0 Å². The monoisotopic (exact) mass is 316 g/mol. The van der Waals surface area contributed by atoms with Gasteiger partial charge in [-0.2, -0.15) is 0 Å². The zero-order valence-corrected chi connectivity index (χ0v) is 12.1. The summed E-state index contributed by atoms with van der Waals surface area (Å²) in [5.74, 6) is -5.50. The normalized spacial score (nSPS) is 15.0. The van der Waals surface area contributed by atoms with Crippen LogP contribution in [0.1, 0.15) is 24.2 Å². The number of nitrogens with one attached hydrogen (secondary N) is 1. The van der Waals surface area contributed by atoms with Crippen LogP contribution in [0.25, 0.3) is 0 Å². The molecule has 1 saturated heterocycles. The quantitative estimate of drug-likeness (QED) is 0.865. The molecule has 1 heterocycles. The van der Waals surface area contributed by atoms with Crippen molar-refractivity contribution in [3.05, 3.63) is 35.1 Å². The number of hydrogen-bond acceptors (Lipinski definition) is 3. The number of hydrogen-bond donors (Lipinski definition) is 1. The Kier molecular flexibility index (Phi) is 4.30. The van der Waals surface area contributed by atoms with Gasteiger partial charge in [-0.15, -0.1) is 0 Å². The lowest BCUT2D eigenvalue weighted by Crippen LogP contribution is -2.52. The molecule has 0 aliphatic carbocycles. The summed E-state index contributed by atoms with van der Waals surface area (Å²) in [5.41, 5.74) is -1.36. The van der Waals surface area contributed by atoms with Crippen molar-refractivity contribution in [3.8, 4) is 0 Å². The highest BCUT2D eigenvalue weighted by molar-refractivity contribution is 5.94. The molecule has 2 amide bonds. The average molecular weight is 316 g/mol. The van der Waals surface area contributed by atoms with E-state index in [1.165, 1.54) is 4.90 Å². The van der Waals surface area contributed by atoms with Crippen molar-refractivity contribution in [2.75, 3.05) is 19.7 Å². The summed E-state index contributed by atoms with van der Waals surface area (Å²) < 4.78 is 44.3. The Bertz CT molecular complexity index is 620. The molecule has 0 spiro atoms. The second-order valence-corrected chi connectivity index (χ2v) is 5.48. The van der Waals surface area contributed by atoms with Crippen LogP contribution >= 0.6 is 0 Å². The number of benzene rings is 1. The Morgan fingerprint density at radius 1 is 1.32 bits per heavy atom. The molecule has 0 atom stereocenters. The predicted molar refractivity (Wildman–Crippen MR) is 70.8 cm³/mol. The fourth-order valence-corrected chi connectivity index (χ4v) is 2.13. The molecular formula is C14H15F3N2O3. The van der Waals surface area contributed by atoms with Crippen LogP contribution in [0.15, 0.2) is 12.1 Å². The van der Waals surface area contributed by atoms with Crippen LogP contribution in [0.4, 0.5) is 18.0 Å². The zero-order chi connectivity index (χ0) is 16.5. The topological polar surface area (TPSA) is 58.6 Å². The first-order valence-electron chi connectivity index (χ1n) is 6.60. The minimum absolute atomic E-state index is 0.000626. The molecule has 0 unspecified atom stereocenters. The standard InChI is InChI=1S/C14H15F3N2O3/c1-14(2,19-5-6-22-13(19)21)7-18-12(20)8-3-4-9(15)11(17)10(8)16/h3-4H,5-7H2,1-2H3,(H,18,20). The fourth-order valence-electron chi connectivity index (χ4n) is 2.13. The Balaban J connectivity index is 2.07. The molecule has 120 valence electrons. The smallest absolute Gasteiger partial charge is 0.410 e. The van der Waals surface area contributed by atoms with Gasteiger partial charge in [0, 0.05) is 6.54 Å². The molecular weight excluding hydrogens is 301 g/mol. The van der Waals surface area contributed by atoms with Gasteiger partial charge in [-0.1, -0.05) is 0 Å². The van der Waals surface area contributed by atoms with Crippen molar-refractivity contribution in [3.63, 3.8) is 0 Å². The lowest BCUT2D eigenvalue weighted by Gasteiger charge is -2.33. The molecule has 0 radical (unpaired) electrons. The Morgan fingerprint density at radius 3 is 2.59 bits per heavy atom. The van der Waals surface area contributed by atoms with Crippen LogP contribution in [0, 0.1) is 17.5 Å². The van der Waals surface area contributed by atoms with E-state index in [0.29, 0.717) is 12.6 Å². The Morgan fingerprint density at radius 2 is 2.00 bits per heavy atom. The molecule has 8 heteroatoms. The maximum atomic E-state index is 13.5. The molecule has 1 aliphatic heterocycles. The molecule has 22 heavy (non-hydrogen) atoms. The molecule has 0 aromatic heterocycles. The van der Waals surface area contributed by atoms with E-state index in [9.17, 15) is 22.8 Å². The van der Waals surface area contributed by atoms with Crippen LogP contribution < -0.4 is 5.32 Å². The van der Waals surface area contributed by atoms with Crippen molar-refractivity contribution < 1.29 is 27.5 Å². The van der Waals surface area contributed by atoms with Crippen LogP contribution in [-0.4, -0.2) is 42.1 Å². The van der Waals surface area contributed by atoms with Gasteiger partial charge >= 0.3 is 6.09 Å². The highest BCUT2D eigenvalue weighted by Crippen LogP contribution is 2.19. The number of ether oxygens (including phenoxy) is 1. The average Bonchev–Trinajstić information content (AvgIpc) is 2.89. The van der Waals surface area contributed by atoms with Crippen molar-refractivity contribution in [1.29, 1.82) is 0 Å². The highest BCUT2D eigenvalue weighted by Gasteiger charge is 2.36. The summed E-state index contributed by atoms with van der Waals surface area (Å²) in [6.45, 7) is 4.03. The first-order valence-corrected chi connectivity index (χ1v) is 6.60. The van der Waals surface area contributed by atoms with E-state index < -0.39 is 40.6 Å². The van der Waals surface area contributed by atoms with Gasteiger partial charge < -0.3 is 10.1 Å². The summed E-state index contributed by atoms with van der Waals surface area (Å²) in [6, 6.07) is 1.54. The van der Waals surface area contributed by atoms with Gasteiger partial charge in [0.1, 0.15) is 6.61 Å². The minimum Gasteiger partial charge on any atom is -0.448 e. The van der Waals surface area contributed by atoms with Gasteiger partial charge in [-0.25, -0.2) is 18.0 Å². The number of nitrogens with zero attached hydrogens (tertiary/aromatic N) is 1. The van der Waals surface area contributed by atoms with E-state index in [-0.39, 0.29) is 13.2 Å². The van der Waals surface area contributed by atoms with E-state index in [0.717, 1.165) is 6.07 Å². The Hall–Kier alpha value is -2.25. The van der Waals surface area contributed by atoms with Gasteiger partial charge in [0.2, 0.25) is 0 Å². The van der Waals surface area contributed by atoms with Crippen LogP contribution in [0.3, 0.4) is 0 Å². The lowest BCUT2D eigenvalue weighted by atomic mass is 10.0. The second kappa shape index (κ2) is 5.86. The summed E-state index contributed by atoms with van der Waals surface area (Å²) in [5, 5.41) is 2.41. The SMILES string of the molecule is CC(C)(CNC(=O)c1ccc(F)c(F)c1F)N1CCOC1=O. The molecule has 1 fully saturated rings. The van der Waals surface area contributed by atoms with Crippen molar-refractivity contribution >= 4 is 12.0 Å². The molecule has 0 bridgehead atoms. The molecule has 1 N–H and O–H groups in total. The zero-order valence-electron chi connectivity index (χ0n) is 12.1. The Labute approximate surface area is 125 Å². The van der Waals surface area contributed by atoms with E-state index in [2.05, 4.69) is 5.32 Å². The maximum absolute atomic E-state index is 13.5. The van der Waals surface area contributed by atoms with Crippen LogP contribution in [0.2, 0.25) is 0 Å². The van der Waals surface area contributed by atoms with Gasteiger partial charge in [-0.3, -0.25) is 9.69 Å². The molecule has 5 nitrogen and oxygen atoms in total.